The van der Waals surface area contributed by atoms with Gasteiger partial charge in [0, 0.05) is 37.2 Å². The molecule has 1 amide bonds. The second-order valence-corrected chi connectivity index (χ2v) is 6.62. The van der Waals surface area contributed by atoms with Crippen LogP contribution in [0, 0.1) is 27.7 Å². The summed E-state index contributed by atoms with van der Waals surface area (Å²) < 4.78 is 6.80. The van der Waals surface area contributed by atoms with Gasteiger partial charge >= 0.3 is 0 Å². The summed E-state index contributed by atoms with van der Waals surface area (Å²) in [5, 5.41) is 8.49. The molecule has 0 aliphatic heterocycles. The van der Waals surface area contributed by atoms with Crippen LogP contribution < -0.4 is 5.32 Å². The molecule has 138 valence electrons. The second-order valence-electron chi connectivity index (χ2n) is 6.62. The maximum atomic E-state index is 12.0. The zero-order valence-electron chi connectivity index (χ0n) is 16.0. The predicted octanol–water partition coefficient (Wildman–Crippen LogP) is 2.21. The highest BCUT2D eigenvalue weighted by atomic mass is 16.5. The van der Waals surface area contributed by atoms with Crippen LogP contribution in [0.1, 0.15) is 34.6 Å². The van der Waals surface area contributed by atoms with Crippen LogP contribution >= 0.6 is 0 Å². The topological polar surface area (TPSA) is 81.4 Å². The van der Waals surface area contributed by atoms with Crippen LogP contribution in [0.4, 0.5) is 0 Å². The van der Waals surface area contributed by atoms with Gasteiger partial charge in [0.2, 0.25) is 5.91 Å². The van der Waals surface area contributed by atoms with Gasteiger partial charge in [-0.25, -0.2) is 14.5 Å². The van der Waals surface area contributed by atoms with Crippen LogP contribution in [0.3, 0.4) is 0 Å². The van der Waals surface area contributed by atoms with E-state index in [0.29, 0.717) is 31.6 Å². The SMILES string of the molecule is COCCNC(=O)CCc1c(C)nc2c3c(C)cc(C)nc3nn2c1C. The number of rotatable bonds is 6. The summed E-state index contributed by atoms with van der Waals surface area (Å²) in [6, 6.07) is 2.05. The summed E-state index contributed by atoms with van der Waals surface area (Å²) in [7, 11) is 1.62. The number of ether oxygens (including phenoxy) is 1. The highest BCUT2D eigenvalue weighted by Crippen LogP contribution is 2.25. The standard InChI is InChI=1S/C19H25N5O2/c1-11-10-12(2)21-18-17(11)19-22-13(3)15(14(4)24(19)23-18)6-7-16(25)20-8-9-26-5/h10H,6-9H2,1-5H3,(H,20,25). The first-order valence-corrected chi connectivity index (χ1v) is 8.80. The third kappa shape index (κ3) is 3.39. The van der Waals surface area contributed by atoms with Crippen LogP contribution in [0.5, 0.6) is 0 Å². The van der Waals surface area contributed by atoms with Crippen molar-refractivity contribution in [3.63, 3.8) is 0 Å². The highest BCUT2D eigenvalue weighted by molar-refractivity contribution is 5.93. The minimum atomic E-state index is 0.0136. The first-order chi connectivity index (χ1) is 12.4. The van der Waals surface area contributed by atoms with E-state index in [1.54, 1.807) is 7.11 Å². The number of aryl methyl sites for hydroxylation is 4. The number of nitrogens with zero attached hydrogens (tertiary/aromatic N) is 4. The van der Waals surface area contributed by atoms with Crippen LogP contribution in [0.2, 0.25) is 0 Å². The second kappa shape index (κ2) is 7.37. The summed E-state index contributed by atoms with van der Waals surface area (Å²) in [4.78, 5) is 21.3. The molecular weight excluding hydrogens is 330 g/mol. The van der Waals surface area contributed by atoms with Crippen LogP contribution in [-0.4, -0.2) is 45.8 Å². The largest absolute Gasteiger partial charge is 0.383 e. The zero-order chi connectivity index (χ0) is 18.8. The molecule has 0 saturated heterocycles. The van der Waals surface area contributed by atoms with Gasteiger partial charge in [-0.3, -0.25) is 4.79 Å². The lowest BCUT2D eigenvalue weighted by Crippen LogP contribution is -2.27. The van der Waals surface area contributed by atoms with Gasteiger partial charge in [0.25, 0.3) is 0 Å². The minimum Gasteiger partial charge on any atom is -0.383 e. The number of carbonyl (C=O) groups is 1. The number of methoxy groups -OCH3 is 1. The van der Waals surface area contributed by atoms with Crippen molar-refractivity contribution in [3.05, 3.63) is 34.3 Å². The van der Waals surface area contributed by atoms with Gasteiger partial charge in [-0.15, -0.1) is 5.10 Å². The Kier molecular flexibility index (Phi) is 5.18. The van der Waals surface area contributed by atoms with Crippen LogP contribution in [-0.2, 0) is 16.0 Å². The van der Waals surface area contributed by atoms with E-state index in [1.807, 2.05) is 25.3 Å². The fourth-order valence-electron chi connectivity index (χ4n) is 3.35. The minimum absolute atomic E-state index is 0.0136. The Balaban J connectivity index is 1.94. The quantitative estimate of drug-likeness (QED) is 0.686. The average Bonchev–Trinajstić information content (AvgIpc) is 2.93. The maximum Gasteiger partial charge on any atom is 0.220 e. The zero-order valence-corrected chi connectivity index (χ0v) is 16.0. The number of pyridine rings is 1. The van der Waals surface area contributed by atoms with Crippen molar-refractivity contribution < 1.29 is 9.53 Å². The van der Waals surface area contributed by atoms with E-state index in [0.717, 1.165) is 39.2 Å². The molecule has 7 nitrogen and oxygen atoms in total. The molecule has 0 unspecified atom stereocenters. The number of aromatic nitrogens is 4. The Morgan fingerprint density at radius 2 is 2.00 bits per heavy atom. The summed E-state index contributed by atoms with van der Waals surface area (Å²) in [6.07, 6.45) is 1.04. The smallest absolute Gasteiger partial charge is 0.220 e. The van der Waals surface area contributed by atoms with Crippen molar-refractivity contribution in [2.75, 3.05) is 20.3 Å². The van der Waals surface area contributed by atoms with E-state index in [4.69, 9.17) is 9.72 Å². The lowest BCUT2D eigenvalue weighted by atomic mass is 10.1. The number of fused-ring (bicyclic) bond motifs is 3. The van der Waals surface area contributed by atoms with Gasteiger partial charge in [0.15, 0.2) is 11.3 Å². The van der Waals surface area contributed by atoms with Crippen molar-refractivity contribution in [2.45, 2.75) is 40.5 Å². The first kappa shape index (κ1) is 18.3. The lowest BCUT2D eigenvalue weighted by molar-refractivity contribution is -0.121. The van der Waals surface area contributed by atoms with E-state index in [-0.39, 0.29) is 5.91 Å². The van der Waals surface area contributed by atoms with E-state index < -0.39 is 0 Å². The molecule has 3 aromatic heterocycles. The number of carbonyl (C=O) groups excluding carboxylic acids is 1. The Bertz CT molecular complexity index is 977. The predicted molar refractivity (Wildman–Crippen MR) is 100 cm³/mol. The van der Waals surface area contributed by atoms with Gasteiger partial charge in [0.05, 0.1) is 12.0 Å². The lowest BCUT2D eigenvalue weighted by Gasteiger charge is -2.11. The number of hydrogen-bond acceptors (Lipinski definition) is 5. The average molecular weight is 355 g/mol. The molecule has 0 aliphatic carbocycles. The summed E-state index contributed by atoms with van der Waals surface area (Å²) in [6.45, 7) is 9.08. The van der Waals surface area contributed by atoms with Crippen molar-refractivity contribution in [2.24, 2.45) is 0 Å². The summed E-state index contributed by atoms with van der Waals surface area (Å²) >= 11 is 0. The van der Waals surface area contributed by atoms with Gasteiger partial charge in [-0.2, -0.15) is 0 Å². The molecule has 3 aromatic rings. The molecule has 3 heterocycles. The monoisotopic (exact) mass is 355 g/mol. The molecule has 0 saturated carbocycles. The Labute approximate surface area is 152 Å². The third-order valence-corrected chi connectivity index (χ3v) is 4.64. The molecule has 3 rings (SSSR count). The van der Waals surface area contributed by atoms with Crippen molar-refractivity contribution in [1.29, 1.82) is 0 Å². The van der Waals surface area contributed by atoms with Gasteiger partial charge < -0.3 is 10.1 Å². The Morgan fingerprint density at radius 3 is 2.73 bits per heavy atom. The fraction of sp³-hybridized carbons (Fsp3) is 0.474. The first-order valence-electron chi connectivity index (χ1n) is 8.80. The molecule has 7 heteroatoms. The van der Waals surface area contributed by atoms with Crippen molar-refractivity contribution >= 4 is 22.6 Å². The third-order valence-electron chi connectivity index (χ3n) is 4.64. The fourth-order valence-corrected chi connectivity index (χ4v) is 3.35. The maximum absolute atomic E-state index is 12.0. The van der Waals surface area contributed by atoms with Crippen LogP contribution in [0.15, 0.2) is 6.07 Å². The van der Waals surface area contributed by atoms with Gasteiger partial charge in [-0.1, -0.05) is 0 Å². The molecule has 0 spiro atoms. The van der Waals surface area contributed by atoms with E-state index in [2.05, 4.69) is 28.4 Å². The molecule has 26 heavy (non-hydrogen) atoms. The molecule has 0 radical (unpaired) electrons. The normalized spacial score (nSPS) is 11.4. The van der Waals surface area contributed by atoms with Gasteiger partial charge in [0.1, 0.15) is 0 Å². The molecule has 0 aromatic carbocycles. The summed E-state index contributed by atoms with van der Waals surface area (Å²) in [5.41, 5.74) is 6.61. The molecule has 0 bridgehead atoms. The number of nitrogens with one attached hydrogen (secondary N) is 1. The summed E-state index contributed by atoms with van der Waals surface area (Å²) in [5.74, 6) is 0.0136. The van der Waals surface area contributed by atoms with E-state index in [1.165, 1.54) is 0 Å². The van der Waals surface area contributed by atoms with Gasteiger partial charge in [-0.05, 0) is 51.3 Å². The number of hydrogen-bond donors (Lipinski definition) is 1. The van der Waals surface area contributed by atoms with E-state index >= 15 is 0 Å². The Morgan fingerprint density at radius 1 is 1.23 bits per heavy atom. The van der Waals surface area contributed by atoms with E-state index in [9.17, 15) is 4.79 Å². The van der Waals surface area contributed by atoms with Crippen molar-refractivity contribution in [1.82, 2.24) is 24.9 Å². The molecule has 0 aliphatic rings. The molecule has 0 fully saturated rings. The number of amides is 1. The Hall–Kier alpha value is -2.54. The van der Waals surface area contributed by atoms with Crippen LogP contribution in [0.25, 0.3) is 16.7 Å². The molecule has 0 atom stereocenters. The highest BCUT2D eigenvalue weighted by Gasteiger charge is 2.17. The van der Waals surface area contributed by atoms with Crippen molar-refractivity contribution in [3.8, 4) is 0 Å². The molecular formula is C19H25N5O2. The molecule has 1 N–H and O–H groups in total.